The van der Waals surface area contributed by atoms with Crippen LogP contribution in [-0.4, -0.2) is 29.8 Å². The van der Waals surface area contributed by atoms with Crippen LogP contribution in [0.5, 0.6) is 0 Å². The van der Waals surface area contributed by atoms with Gasteiger partial charge in [-0.1, -0.05) is 0 Å². The quantitative estimate of drug-likeness (QED) is 0.860. The molecule has 0 spiro atoms. The van der Waals surface area contributed by atoms with E-state index in [0.29, 0.717) is 0 Å². The van der Waals surface area contributed by atoms with Crippen LogP contribution >= 0.6 is 0 Å². The lowest BCUT2D eigenvalue weighted by atomic mass is 10.0. The normalized spacial score (nSPS) is 17.9. The Balaban J connectivity index is 1.99. The molecular weight excluding hydrogens is 224 g/mol. The summed E-state index contributed by atoms with van der Waals surface area (Å²) in [7, 11) is 0. The predicted molar refractivity (Wildman–Crippen MR) is 77.3 cm³/mol. The first-order chi connectivity index (χ1) is 8.47. The lowest BCUT2D eigenvalue weighted by Gasteiger charge is -2.28. The van der Waals surface area contributed by atoms with Crippen molar-refractivity contribution >= 4 is 11.4 Å². The van der Waals surface area contributed by atoms with Gasteiger partial charge in [-0.25, -0.2) is 0 Å². The van der Waals surface area contributed by atoms with E-state index >= 15 is 0 Å². The van der Waals surface area contributed by atoms with Gasteiger partial charge in [0.15, 0.2) is 0 Å². The van der Waals surface area contributed by atoms with Crippen molar-refractivity contribution in [3.8, 4) is 0 Å². The maximum absolute atomic E-state index is 9.90. The topological polar surface area (TPSA) is 35.5 Å². The monoisotopic (exact) mass is 248 g/mol. The molecule has 100 valence electrons. The molecule has 2 rings (SSSR count). The van der Waals surface area contributed by atoms with E-state index in [-0.39, 0.29) is 6.04 Å². The van der Waals surface area contributed by atoms with Crippen LogP contribution in [0.15, 0.2) is 24.3 Å². The van der Waals surface area contributed by atoms with Gasteiger partial charge in [0.1, 0.15) is 0 Å². The zero-order valence-electron chi connectivity index (χ0n) is 11.6. The first-order valence-corrected chi connectivity index (χ1v) is 6.81. The Bertz CT molecular complexity index is 374. The Kier molecular flexibility index (Phi) is 3.81. The summed E-state index contributed by atoms with van der Waals surface area (Å²) in [5.41, 5.74) is 1.65. The number of benzene rings is 1. The maximum atomic E-state index is 9.90. The van der Waals surface area contributed by atoms with Crippen molar-refractivity contribution in [2.24, 2.45) is 0 Å². The van der Waals surface area contributed by atoms with E-state index < -0.39 is 5.60 Å². The highest BCUT2D eigenvalue weighted by molar-refractivity contribution is 5.55. The van der Waals surface area contributed by atoms with Crippen LogP contribution in [0.25, 0.3) is 0 Å². The van der Waals surface area contributed by atoms with E-state index in [1.54, 1.807) is 0 Å². The molecule has 1 unspecified atom stereocenters. The summed E-state index contributed by atoms with van der Waals surface area (Å²) < 4.78 is 0. The lowest BCUT2D eigenvalue weighted by molar-refractivity contribution is 0.0649. The van der Waals surface area contributed by atoms with Gasteiger partial charge in [0.25, 0.3) is 0 Å². The highest BCUT2D eigenvalue weighted by Gasteiger charge is 2.21. The van der Waals surface area contributed by atoms with Gasteiger partial charge in [-0.05, 0) is 57.9 Å². The molecule has 1 fully saturated rings. The molecule has 18 heavy (non-hydrogen) atoms. The molecule has 3 nitrogen and oxygen atoms in total. The highest BCUT2D eigenvalue weighted by Crippen LogP contribution is 2.23. The second-order valence-electron chi connectivity index (χ2n) is 5.76. The molecule has 1 atom stereocenters. The van der Waals surface area contributed by atoms with E-state index in [4.69, 9.17) is 0 Å². The van der Waals surface area contributed by atoms with E-state index in [1.807, 2.05) is 20.8 Å². The molecule has 1 aliphatic heterocycles. The molecular formula is C15H24N2O. The summed E-state index contributed by atoms with van der Waals surface area (Å²) in [5.74, 6) is 0. The molecule has 0 bridgehead atoms. The van der Waals surface area contributed by atoms with Gasteiger partial charge in [0.2, 0.25) is 0 Å². The third-order valence-electron chi connectivity index (χ3n) is 3.78. The standard InChI is InChI=1S/C15H24N2O/c1-12(15(2,3)18)16-13-6-8-14(9-7-13)17-10-4-5-11-17/h6-9,12,16,18H,4-5,10-11H2,1-3H3. The Morgan fingerprint density at radius 2 is 1.72 bits per heavy atom. The zero-order valence-corrected chi connectivity index (χ0v) is 11.6. The summed E-state index contributed by atoms with van der Waals surface area (Å²) in [6.07, 6.45) is 2.60. The minimum atomic E-state index is -0.715. The van der Waals surface area contributed by atoms with Crippen molar-refractivity contribution in [3.63, 3.8) is 0 Å². The molecule has 1 aliphatic rings. The van der Waals surface area contributed by atoms with Gasteiger partial charge in [0.05, 0.1) is 11.6 Å². The zero-order chi connectivity index (χ0) is 13.2. The van der Waals surface area contributed by atoms with Crippen molar-refractivity contribution in [1.82, 2.24) is 0 Å². The average Bonchev–Trinajstić information content (AvgIpc) is 2.82. The SMILES string of the molecule is CC(Nc1ccc(N2CCCC2)cc1)C(C)(C)O. The molecule has 1 heterocycles. The van der Waals surface area contributed by atoms with Crippen molar-refractivity contribution in [2.45, 2.75) is 45.3 Å². The number of nitrogens with zero attached hydrogens (tertiary/aromatic N) is 1. The minimum absolute atomic E-state index is 0.0233. The van der Waals surface area contributed by atoms with Gasteiger partial charge < -0.3 is 15.3 Å². The average molecular weight is 248 g/mol. The maximum Gasteiger partial charge on any atom is 0.0789 e. The summed E-state index contributed by atoms with van der Waals surface area (Å²) in [6, 6.07) is 8.52. The molecule has 1 aromatic carbocycles. The van der Waals surface area contributed by atoms with Crippen LogP contribution in [-0.2, 0) is 0 Å². The van der Waals surface area contributed by atoms with Crippen molar-refractivity contribution in [1.29, 1.82) is 0 Å². The van der Waals surface area contributed by atoms with Gasteiger partial charge in [0, 0.05) is 24.5 Å². The van der Waals surface area contributed by atoms with Crippen LogP contribution in [0, 0.1) is 0 Å². The van der Waals surface area contributed by atoms with Gasteiger partial charge >= 0.3 is 0 Å². The van der Waals surface area contributed by atoms with Crippen LogP contribution < -0.4 is 10.2 Å². The summed E-state index contributed by atoms with van der Waals surface area (Å²) in [6.45, 7) is 7.99. The fourth-order valence-electron chi connectivity index (χ4n) is 2.17. The molecule has 1 aromatic rings. The number of nitrogens with one attached hydrogen (secondary N) is 1. The van der Waals surface area contributed by atoms with Crippen LogP contribution in [0.1, 0.15) is 33.6 Å². The summed E-state index contributed by atoms with van der Waals surface area (Å²) in [4.78, 5) is 2.42. The molecule has 3 heteroatoms. The molecule has 0 amide bonds. The van der Waals surface area contributed by atoms with E-state index in [9.17, 15) is 5.11 Å². The largest absolute Gasteiger partial charge is 0.388 e. The molecule has 0 radical (unpaired) electrons. The Morgan fingerprint density at radius 3 is 2.22 bits per heavy atom. The summed E-state index contributed by atoms with van der Waals surface area (Å²) in [5, 5.41) is 13.2. The van der Waals surface area contributed by atoms with Crippen LogP contribution in [0.3, 0.4) is 0 Å². The lowest BCUT2D eigenvalue weighted by Crippen LogP contribution is -2.39. The van der Waals surface area contributed by atoms with E-state index in [0.717, 1.165) is 5.69 Å². The third-order valence-corrected chi connectivity index (χ3v) is 3.78. The minimum Gasteiger partial charge on any atom is -0.388 e. The molecule has 0 aromatic heterocycles. The second kappa shape index (κ2) is 5.19. The molecule has 0 saturated carbocycles. The Hall–Kier alpha value is -1.22. The van der Waals surface area contributed by atoms with Gasteiger partial charge in [-0.2, -0.15) is 0 Å². The second-order valence-corrected chi connectivity index (χ2v) is 5.76. The number of rotatable bonds is 4. The van der Waals surface area contributed by atoms with Crippen molar-refractivity contribution in [3.05, 3.63) is 24.3 Å². The van der Waals surface area contributed by atoms with Crippen molar-refractivity contribution in [2.75, 3.05) is 23.3 Å². The fourth-order valence-corrected chi connectivity index (χ4v) is 2.17. The van der Waals surface area contributed by atoms with Gasteiger partial charge in [-0.15, -0.1) is 0 Å². The molecule has 2 N–H and O–H groups in total. The third kappa shape index (κ3) is 3.16. The van der Waals surface area contributed by atoms with Crippen LogP contribution in [0.2, 0.25) is 0 Å². The van der Waals surface area contributed by atoms with Crippen molar-refractivity contribution < 1.29 is 5.11 Å². The van der Waals surface area contributed by atoms with Gasteiger partial charge in [-0.3, -0.25) is 0 Å². The Labute approximate surface area is 110 Å². The number of anilines is 2. The summed E-state index contributed by atoms with van der Waals surface area (Å²) >= 11 is 0. The molecule has 1 saturated heterocycles. The first kappa shape index (κ1) is 13.2. The highest BCUT2D eigenvalue weighted by atomic mass is 16.3. The number of hydrogen-bond acceptors (Lipinski definition) is 3. The Morgan fingerprint density at radius 1 is 1.17 bits per heavy atom. The van der Waals surface area contributed by atoms with E-state index in [2.05, 4.69) is 34.5 Å². The first-order valence-electron chi connectivity index (χ1n) is 6.81. The number of aliphatic hydroxyl groups is 1. The smallest absolute Gasteiger partial charge is 0.0789 e. The van der Waals surface area contributed by atoms with E-state index in [1.165, 1.54) is 31.6 Å². The fraction of sp³-hybridized carbons (Fsp3) is 0.600. The van der Waals surface area contributed by atoms with Crippen LogP contribution in [0.4, 0.5) is 11.4 Å². The molecule has 0 aliphatic carbocycles. The number of hydrogen-bond donors (Lipinski definition) is 2. The predicted octanol–water partition coefficient (Wildman–Crippen LogP) is 2.86.